The standard InChI is InChI=1S/C10H15N3O3S/c1-17(15,16)13-9-4-2-3-8(7-9)10(14)12-6-5-11/h2-4,7,13H,5-6,11H2,1H3,(H,12,14). The Balaban J connectivity index is 2.82. The van der Waals surface area contributed by atoms with Crippen LogP contribution in [0.15, 0.2) is 24.3 Å². The Morgan fingerprint density at radius 1 is 1.41 bits per heavy atom. The zero-order valence-corrected chi connectivity index (χ0v) is 10.3. The van der Waals surface area contributed by atoms with Crippen LogP contribution in [0.4, 0.5) is 5.69 Å². The maximum Gasteiger partial charge on any atom is 0.251 e. The number of carbonyl (C=O) groups excluding carboxylic acids is 1. The lowest BCUT2D eigenvalue weighted by atomic mass is 10.2. The third-order valence-corrected chi connectivity index (χ3v) is 2.46. The number of nitrogens with two attached hydrogens (primary N) is 1. The maximum absolute atomic E-state index is 11.6. The Morgan fingerprint density at radius 2 is 2.12 bits per heavy atom. The van der Waals surface area contributed by atoms with Gasteiger partial charge < -0.3 is 11.1 Å². The van der Waals surface area contributed by atoms with Crippen molar-refractivity contribution in [3.8, 4) is 0 Å². The summed E-state index contributed by atoms with van der Waals surface area (Å²) in [4.78, 5) is 11.6. The highest BCUT2D eigenvalue weighted by Gasteiger charge is 2.07. The molecule has 6 nitrogen and oxygen atoms in total. The van der Waals surface area contributed by atoms with Gasteiger partial charge >= 0.3 is 0 Å². The van der Waals surface area contributed by atoms with Gasteiger partial charge in [0.15, 0.2) is 0 Å². The van der Waals surface area contributed by atoms with Crippen LogP contribution < -0.4 is 15.8 Å². The summed E-state index contributed by atoms with van der Waals surface area (Å²) in [7, 11) is -3.34. The van der Waals surface area contributed by atoms with Crippen molar-refractivity contribution in [2.45, 2.75) is 0 Å². The zero-order chi connectivity index (χ0) is 12.9. The summed E-state index contributed by atoms with van der Waals surface area (Å²) >= 11 is 0. The van der Waals surface area contributed by atoms with Crippen molar-refractivity contribution in [2.75, 3.05) is 24.1 Å². The van der Waals surface area contributed by atoms with Gasteiger partial charge in [0.05, 0.1) is 6.26 Å². The molecule has 0 atom stereocenters. The van der Waals surface area contributed by atoms with Crippen LogP contribution >= 0.6 is 0 Å². The highest BCUT2D eigenvalue weighted by Crippen LogP contribution is 2.11. The smallest absolute Gasteiger partial charge is 0.251 e. The van der Waals surface area contributed by atoms with Crippen LogP contribution in [0.5, 0.6) is 0 Å². The number of benzene rings is 1. The molecule has 0 radical (unpaired) electrons. The van der Waals surface area contributed by atoms with E-state index in [1.54, 1.807) is 18.2 Å². The molecule has 0 saturated heterocycles. The Labute approximate surface area is 100 Å². The number of amides is 1. The fourth-order valence-corrected chi connectivity index (χ4v) is 1.78. The Kier molecular flexibility index (Phi) is 4.47. The fourth-order valence-electron chi connectivity index (χ4n) is 1.23. The molecule has 1 aromatic carbocycles. The SMILES string of the molecule is CS(=O)(=O)Nc1cccc(C(=O)NCCN)c1. The van der Waals surface area contributed by atoms with Gasteiger partial charge in [-0.1, -0.05) is 6.07 Å². The molecule has 0 heterocycles. The average molecular weight is 257 g/mol. The van der Waals surface area contributed by atoms with E-state index in [0.717, 1.165) is 6.26 Å². The predicted octanol–water partition coefficient (Wildman–Crippen LogP) is -0.253. The minimum atomic E-state index is -3.34. The van der Waals surface area contributed by atoms with E-state index >= 15 is 0 Å². The lowest BCUT2D eigenvalue weighted by Crippen LogP contribution is -2.29. The lowest BCUT2D eigenvalue weighted by Gasteiger charge is -2.07. The highest BCUT2D eigenvalue weighted by atomic mass is 32.2. The van der Waals surface area contributed by atoms with E-state index in [1.165, 1.54) is 6.07 Å². The molecule has 1 amide bonds. The molecule has 1 aromatic rings. The number of hydrogen-bond donors (Lipinski definition) is 3. The van der Waals surface area contributed by atoms with Crippen molar-refractivity contribution in [3.63, 3.8) is 0 Å². The summed E-state index contributed by atoms with van der Waals surface area (Å²) in [5.41, 5.74) is 6.00. The minimum Gasteiger partial charge on any atom is -0.351 e. The fraction of sp³-hybridized carbons (Fsp3) is 0.300. The van der Waals surface area contributed by atoms with Gasteiger partial charge in [0.2, 0.25) is 10.0 Å². The van der Waals surface area contributed by atoms with E-state index in [9.17, 15) is 13.2 Å². The van der Waals surface area contributed by atoms with Crippen molar-refractivity contribution in [3.05, 3.63) is 29.8 Å². The van der Waals surface area contributed by atoms with E-state index in [-0.39, 0.29) is 5.91 Å². The van der Waals surface area contributed by atoms with Crippen molar-refractivity contribution in [2.24, 2.45) is 5.73 Å². The van der Waals surface area contributed by atoms with Crippen molar-refractivity contribution < 1.29 is 13.2 Å². The average Bonchev–Trinajstić information content (AvgIpc) is 2.24. The van der Waals surface area contributed by atoms with Crippen LogP contribution in [0.3, 0.4) is 0 Å². The molecule has 0 aliphatic heterocycles. The van der Waals surface area contributed by atoms with Gasteiger partial charge in [0.1, 0.15) is 0 Å². The molecular formula is C10H15N3O3S. The van der Waals surface area contributed by atoms with Gasteiger partial charge in [-0.3, -0.25) is 9.52 Å². The third kappa shape index (κ3) is 4.83. The number of sulfonamides is 1. The first-order chi connectivity index (χ1) is 7.92. The summed E-state index contributed by atoms with van der Waals surface area (Å²) in [5.74, 6) is -0.285. The number of anilines is 1. The van der Waals surface area contributed by atoms with Gasteiger partial charge in [-0.15, -0.1) is 0 Å². The van der Waals surface area contributed by atoms with E-state index in [0.29, 0.717) is 24.3 Å². The molecule has 1 rings (SSSR count). The topological polar surface area (TPSA) is 101 Å². The first-order valence-corrected chi connectivity index (χ1v) is 6.87. The second kappa shape index (κ2) is 5.65. The molecule has 0 aromatic heterocycles. The largest absolute Gasteiger partial charge is 0.351 e. The quantitative estimate of drug-likeness (QED) is 0.676. The Morgan fingerprint density at radius 3 is 2.71 bits per heavy atom. The summed E-state index contributed by atoms with van der Waals surface area (Å²) in [6, 6.07) is 6.23. The molecule has 0 fully saturated rings. The van der Waals surface area contributed by atoms with E-state index < -0.39 is 10.0 Å². The number of nitrogens with one attached hydrogen (secondary N) is 2. The zero-order valence-electron chi connectivity index (χ0n) is 9.43. The van der Waals surface area contributed by atoms with Crippen molar-refractivity contribution >= 4 is 21.6 Å². The molecule has 7 heteroatoms. The third-order valence-electron chi connectivity index (χ3n) is 1.86. The number of hydrogen-bond acceptors (Lipinski definition) is 4. The second-order valence-corrected chi connectivity index (χ2v) is 5.25. The molecule has 0 spiro atoms. The van der Waals surface area contributed by atoms with Gasteiger partial charge in [-0.2, -0.15) is 0 Å². The summed E-state index contributed by atoms with van der Waals surface area (Å²) in [6.07, 6.45) is 1.05. The molecule has 4 N–H and O–H groups in total. The van der Waals surface area contributed by atoms with Gasteiger partial charge in [0.25, 0.3) is 5.91 Å². The minimum absolute atomic E-state index is 0.285. The summed E-state index contributed by atoms with van der Waals surface area (Å²) < 4.78 is 24.4. The highest BCUT2D eigenvalue weighted by molar-refractivity contribution is 7.92. The van der Waals surface area contributed by atoms with Gasteiger partial charge in [-0.05, 0) is 18.2 Å². The molecule has 94 valence electrons. The Bertz CT molecular complexity index is 499. The molecular weight excluding hydrogens is 242 g/mol. The first-order valence-electron chi connectivity index (χ1n) is 4.98. The normalized spacial score (nSPS) is 10.9. The van der Waals surface area contributed by atoms with Crippen LogP contribution in [0.2, 0.25) is 0 Å². The molecule has 0 bridgehead atoms. The van der Waals surface area contributed by atoms with Crippen molar-refractivity contribution in [1.29, 1.82) is 0 Å². The van der Waals surface area contributed by atoms with Crippen LogP contribution in [-0.4, -0.2) is 33.7 Å². The summed E-state index contributed by atoms with van der Waals surface area (Å²) in [6.45, 7) is 0.732. The lowest BCUT2D eigenvalue weighted by molar-refractivity contribution is 0.0955. The van der Waals surface area contributed by atoms with Crippen LogP contribution in [0.1, 0.15) is 10.4 Å². The van der Waals surface area contributed by atoms with Crippen molar-refractivity contribution in [1.82, 2.24) is 5.32 Å². The molecule has 0 saturated carbocycles. The summed E-state index contributed by atoms with van der Waals surface area (Å²) in [5, 5.41) is 2.60. The predicted molar refractivity (Wildman–Crippen MR) is 66.3 cm³/mol. The van der Waals surface area contributed by atoms with Crippen LogP contribution in [0.25, 0.3) is 0 Å². The van der Waals surface area contributed by atoms with E-state index in [4.69, 9.17) is 5.73 Å². The van der Waals surface area contributed by atoms with E-state index in [2.05, 4.69) is 10.0 Å². The van der Waals surface area contributed by atoms with Crippen LogP contribution in [0, 0.1) is 0 Å². The Hall–Kier alpha value is -1.60. The molecule has 0 aliphatic carbocycles. The molecule has 17 heavy (non-hydrogen) atoms. The number of carbonyl (C=O) groups is 1. The van der Waals surface area contributed by atoms with Crippen LogP contribution in [-0.2, 0) is 10.0 Å². The molecule has 0 aliphatic rings. The van der Waals surface area contributed by atoms with E-state index in [1.807, 2.05) is 0 Å². The second-order valence-electron chi connectivity index (χ2n) is 3.50. The number of rotatable bonds is 5. The van der Waals surface area contributed by atoms with Gasteiger partial charge in [0, 0.05) is 24.3 Å². The molecule has 0 unspecified atom stereocenters. The maximum atomic E-state index is 11.6. The monoisotopic (exact) mass is 257 g/mol. The first kappa shape index (κ1) is 13.5. The van der Waals surface area contributed by atoms with Gasteiger partial charge in [-0.25, -0.2) is 8.42 Å².